The Morgan fingerprint density at radius 3 is 2.73 bits per heavy atom. The minimum Gasteiger partial charge on any atom is -0.496 e. The number of methoxy groups -OCH3 is 1. The number of halogens is 1. The van der Waals surface area contributed by atoms with Crippen LogP contribution in [0, 0.1) is 5.82 Å². The molecule has 0 aliphatic carbocycles. The quantitative estimate of drug-likeness (QED) is 0.499. The standard InChI is InChI=1S/C27H28FN5O4/c1-37-23-5-4-17(28)13-19(23)18-6-9-30-27-20(18)14-21(31-27)16-7-11-32(12-8-16)24(34)15-25(35)33-10-2-3-22(33)26(29)36/h4-7,9,13-14,22H,2-3,8,10-12,15H2,1H3,(H2,29,36)(H,30,31)/t22-/m0/s1. The number of pyridine rings is 1. The zero-order chi connectivity index (χ0) is 26.1. The highest BCUT2D eigenvalue weighted by molar-refractivity contribution is 5.99. The minimum atomic E-state index is -0.624. The summed E-state index contributed by atoms with van der Waals surface area (Å²) in [7, 11) is 1.55. The maximum absolute atomic E-state index is 14.0. The fraction of sp³-hybridized carbons (Fsp3) is 0.333. The predicted molar refractivity (Wildman–Crippen MR) is 136 cm³/mol. The van der Waals surface area contributed by atoms with Crippen LogP contribution in [0.25, 0.3) is 27.7 Å². The Balaban J connectivity index is 1.32. The molecule has 3 N–H and O–H groups in total. The van der Waals surface area contributed by atoms with E-state index in [-0.39, 0.29) is 24.1 Å². The molecule has 4 heterocycles. The average Bonchev–Trinajstić information content (AvgIpc) is 3.56. The molecule has 0 unspecified atom stereocenters. The summed E-state index contributed by atoms with van der Waals surface area (Å²) >= 11 is 0. The van der Waals surface area contributed by atoms with Gasteiger partial charge in [-0.15, -0.1) is 0 Å². The number of H-pyrrole nitrogens is 1. The van der Waals surface area contributed by atoms with Crippen molar-refractivity contribution in [3.8, 4) is 16.9 Å². The molecule has 192 valence electrons. The Hall–Kier alpha value is -4.21. The number of hydrogen-bond donors (Lipinski definition) is 2. The van der Waals surface area contributed by atoms with E-state index in [1.807, 2.05) is 18.2 Å². The van der Waals surface area contributed by atoms with E-state index >= 15 is 0 Å². The summed E-state index contributed by atoms with van der Waals surface area (Å²) in [6, 6.07) is 7.58. The van der Waals surface area contributed by atoms with Gasteiger partial charge in [0.25, 0.3) is 0 Å². The van der Waals surface area contributed by atoms with Gasteiger partial charge in [0.05, 0.1) is 7.11 Å². The van der Waals surface area contributed by atoms with Gasteiger partial charge < -0.3 is 25.3 Å². The zero-order valence-corrected chi connectivity index (χ0v) is 20.5. The number of aromatic nitrogens is 2. The SMILES string of the molecule is COc1ccc(F)cc1-c1ccnc2[nH]c(C3=CCN(C(=O)CC(=O)N4CCC[C@H]4C(N)=O)CC3)cc12. The van der Waals surface area contributed by atoms with Gasteiger partial charge in [-0.1, -0.05) is 6.08 Å². The molecule has 1 saturated heterocycles. The lowest BCUT2D eigenvalue weighted by molar-refractivity contribution is -0.143. The van der Waals surface area contributed by atoms with Crippen LogP contribution in [0.2, 0.25) is 0 Å². The van der Waals surface area contributed by atoms with Crippen molar-refractivity contribution >= 4 is 34.3 Å². The number of nitrogens with one attached hydrogen (secondary N) is 1. The number of hydrogen-bond acceptors (Lipinski definition) is 5. The topological polar surface area (TPSA) is 122 Å². The lowest BCUT2D eigenvalue weighted by Crippen LogP contribution is -2.46. The molecule has 1 atom stereocenters. The summed E-state index contributed by atoms with van der Waals surface area (Å²) in [6.45, 7) is 1.28. The minimum absolute atomic E-state index is 0.269. The van der Waals surface area contributed by atoms with Crippen molar-refractivity contribution < 1.29 is 23.5 Å². The maximum atomic E-state index is 14.0. The van der Waals surface area contributed by atoms with Crippen molar-refractivity contribution in [1.29, 1.82) is 0 Å². The summed E-state index contributed by atoms with van der Waals surface area (Å²) in [6.07, 6.45) is 5.19. The number of nitrogens with two attached hydrogens (primary N) is 1. The van der Waals surface area contributed by atoms with Crippen LogP contribution in [-0.4, -0.2) is 70.3 Å². The number of fused-ring (bicyclic) bond motifs is 1. The summed E-state index contributed by atoms with van der Waals surface area (Å²) in [5.74, 6) is -0.953. The lowest BCUT2D eigenvalue weighted by atomic mass is 10.0. The maximum Gasteiger partial charge on any atom is 0.240 e. The largest absolute Gasteiger partial charge is 0.496 e. The van der Waals surface area contributed by atoms with Crippen LogP contribution < -0.4 is 10.5 Å². The van der Waals surface area contributed by atoms with Crippen molar-refractivity contribution in [3.63, 3.8) is 0 Å². The molecule has 5 rings (SSSR count). The van der Waals surface area contributed by atoms with Crippen LogP contribution in [0.4, 0.5) is 4.39 Å². The first-order valence-corrected chi connectivity index (χ1v) is 12.2. The monoisotopic (exact) mass is 505 g/mol. The fourth-order valence-electron chi connectivity index (χ4n) is 5.17. The van der Waals surface area contributed by atoms with Crippen LogP contribution in [0.5, 0.6) is 5.75 Å². The Morgan fingerprint density at radius 2 is 2.00 bits per heavy atom. The molecule has 1 fully saturated rings. The van der Waals surface area contributed by atoms with E-state index in [9.17, 15) is 18.8 Å². The van der Waals surface area contributed by atoms with Crippen LogP contribution >= 0.6 is 0 Å². The molecule has 2 aliphatic heterocycles. The van der Waals surface area contributed by atoms with Gasteiger partial charge in [0.2, 0.25) is 17.7 Å². The van der Waals surface area contributed by atoms with Gasteiger partial charge in [0.1, 0.15) is 29.7 Å². The molecule has 3 aromatic rings. The third kappa shape index (κ3) is 4.78. The Labute approximate surface area is 213 Å². The van der Waals surface area contributed by atoms with Gasteiger partial charge in [-0.3, -0.25) is 14.4 Å². The van der Waals surface area contributed by atoms with Crippen LogP contribution in [0.1, 0.15) is 31.4 Å². The van der Waals surface area contributed by atoms with E-state index in [4.69, 9.17) is 10.5 Å². The number of aromatic amines is 1. The van der Waals surface area contributed by atoms with E-state index in [0.29, 0.717) is 55.9 Å². The van der Waals surface area contributed by atoms with Crippen molar-refractivity contribution in [2.75, 3.05) is 26.7 Å². The van der Waals surface area contributed by atoms with Gasteiger partial charge in [0, 0.05) is 42.5 Å². The molecule has 0 radical (unpaired) electrons. The van der Waals surface area contributed by atoms with E-state index in [0.717, 1.165) is 22.2 Å². The highest BCUT2D eigenvalue weighted by Gasteiger charge is 2.34. The molecule has 2 aliphatic rings. The van der Waals surface area contributed by atoms with E-state index in [1.165, 1.54) is 17.0 Å². The predicted octanol–water partition coefficient (Wildman–Crippen LogP) is 2.86. The van der Waals surface area contributed by atoms with Crippen molar-refractivity contribution in [2.45, 2.75) is 31.7 Å². The Bertz CT molecular complexity index is 1420. The van der Waals surface area contributed by atoms with Crippen LogP contribution in [0.3, 0.4) is 0 Å². The molecule has 9 nitrogen and oxygen atoms in total. The van der Waals surface area contributed by atoms with Gasteiger partial charge in [-0.25, -0.2) is 9.37 Å². The molecule has 0 spiro atoms. The van der Waals surface area contributed by atoms with Crippen molar-refractivity contribution in [3.05, 3.63) is 54.1 Å². The second-order valence-electron chi connectivity index (χ2n) is 9.29. The molecule has 0 bridgehead atoms. The summed E-state index contributed by atoms with van der Waals surface area (Å²) < 4.78 is 19.5. The fourth-order valence-corrected chi connectivity index (χ4v) is 5.17. The molecule has 10 heteroatoms. The first-order chi connectivity index (χ1) is 17.9. The van der Waals surface area contributed by atoms with E-state index in [2.05, 4.69) is 9.97 Å². The Morgan fingerprint density at radius 1 is 1.16 bits per heavy atom. The lowest BCUT2D eigenvalue weighted by Gasteiger charge is -2.28. The second kappa shape index (κ2) is 10.0. The number of amides is 3. The molecule has 3 amide bonds. The van der Waals surface area contributed by atoms with Crippen LogP contribution in [0.15, 0.2) is 42.6 Å². The number of carbonyl (C=O) groups excluding carboxylic acids is 3. The van der Waals surface area contributed by atoms with Crippen LogP contribution in [-0.2, 0) is 14.4 Å². The van der Waals surface area contributed by atoms with Gasteiger partial charge in [0.15, 0.2) is 0 Å². The highest BCUT2D eigenvalue weighted by Crippen LogP contribution is 2.36. The average molecular weight is 506 g/mol. The Kier molecular flexibility index (Phi) is 6.64. The third-order valence-corrected chi connectivity index (χ3v) is 7.10. The number of benzene rings is 1. The van der Waals surface area contributed by atoms with Crippen molar-refractivity contribution in [1.82, 2.24) is 19.8 Å². The first kappa shape index (κ1) is 24.5. The van der Waals surface area contributed by atoms with Gasteiger partial charge >= 0.3 is 0 Å². The molecule has 2 aromatic heterocycles. The number of rotatable bonds is 6. The second-order valence-corrected chi connectivity index (χ2v) is 9.29. The summed E-state index contributed by atoms with van der Waals surface area (Å²) in [5, 5.41) is 0.834. The molecular weight excluding hydrogens is 477 g/mol. The number of nitrogens with zero attached hydrogens (tertiary/aromatic N) is 3. The number of ether oxygens (including phenoxy) is 1. The summed E-state index contributed by atoms with van der Waals surface area (Å²) in [4.78, 5) is 47.8. The van der Waals surface area contributed by atoms with Gasteiger partial charge in [-0.2, -0.15) is 0 Å². The van der Waals surface area contributed by atoms with E-state index in [1.54, 1.807) is 24.3 Å². The number of primary amides is 1. The van der Waals surface area contributed by atoms with Gasteiger partial charge in [-0.05, 0) is 60.7 Å². The smallest absolute Gasteiger partial charge is 0.240 e. The zero-order valence-electron chi connectivity index (χ0n) is 20.5. The number of carbonyl (C=O) groups is 3. The molecular formula is C27H28FN5O4. The van der Waals surface area contributed by atoms with Crippen molar-refractivity contribution in [2.24, 2.45) is 5.73 Å². The highest BCUT2D eigenvalue weighted by atomic mass is 19.1. The normalized spacial score (nSPS) is 17.7. The molecule has 1 aromatic carbocycles. The molecule has 37 heavy (non-hydrogen) atoms. The van der Waals surface area contributed by atoms with E-state index < -0.39 is 11.9 Å². The summed E-state index contributed by atoms with van der Waals surface area (Å²) in [5.41, 5.74) is 9.39. The third-order valence-electron chi connectivity index (χ3n) is 7.10. The first-order valence-electron chi connectivity index (χ1n) is 12.2. The number of likely N-dealkylation sites (tertiary alicyclic amines) is 1. The molecule has 0 saturated carbocycles.